The average Bonchev–Trinajstić information content (AvgIpc) is 2.33. The number of likely N-dealkylation sites (tertiary alicyclic amines) is 1. The highest BCUT2D eigenvalue weighted by molar-refractivity contribution is 5.79. The van der Waals surface area contributed by atoms with Gasteiger partial charge in [-0.3, -0.25) is 4.79 Å². The number of rotatable bonds is 2. The minimum absolute atomic E-state index is 0.102. The van der Waals surface area contributed by atoms with Crippen LogP contribution in [0.15, 0.2) is 30.3 Å². The van der Waals surface area contributed by atoms with Gasteiger partial charge in [-0.1, -0.05) is 30.3 Å². The van der Waals surface area contributed by atoms with Gasteiger partial charge >= 0.3 is 0 Å². The summed E-state index contributed by atoms with van der Waals surface area (Å²) in [4.78, 5) is 14.2. The molecule has 1 aliphatic rings. The van der Waals surface area contributed by atoms with Gasteiger partial charge in [-0.05, 0) is 32.3 Å². The lowest BCUT2D eigenvalue weighted by atomic mass is 9.87. The van der Waals surface area contributed by atoms with Crippen molar-refractivity contribution in [2.45, 2.75) is 44.8 Å². The Kier molecular flexibility index (Phi) is 3.71. The highest BCUT2D eigenvalue weighted by Gasteiger charge is 2.39. The molecule has 0 spiro atoms. The van der Waals surface area contributed by atoms with Gasteiger partial charge in [0.25, 0.3) is 0 Å². The minimum Gasteiger partial charge on any atom is -0.391 e. The molecule has 0 saturated carbocycles. The van der Waals surface area contributed by atoms with E-state index in [1.165, 1.54) is 0 Å². The molecule has 0 bridgehead atoms. The van der Waals surface area contributed by atoms with Crippen molar-refractivity contribution < 1.29 is 9.90 Å². The molecule has 1 unspecified atom stereocenters. The first-order chi connectivity index (χ1) is 8.51. The summed E-state index contributed by atoms with van der Waals surface area (Å²) >= 11 is 0. The van der Waals surface area contributed by atoms with E-state index >= 15 is 0 Å². The molecule has 1 aliphatic heterocycles. The van der Waals surface area contributed by atoms with Crippen LogP contribution in [0.1, 0.15) is 32.3 Å². The van der Waals surface area contributed by atoms with Crippen LogP contribution >= 0.6 is 0 Å². The third kappa shape index (κ3) is 2.56. The fraction of sp³-hybridized carbons (Fsp3) is 0.533. The topological polar surface area (TPSA) is 40.5 Å². The van der Waals surface area contributed by atoms with E-state index in [1.807, 2.05) is 49.1 Å². The van der Waals surface area contributed by atoms with Gasteiger partial charge in [0.1, 0.15) is 0 Å². The summed E-state index contributed by atoms with van der Waals surface area (Å²) in [7, 11) is 0. The van der Waals surface area contributed by atoms with E-state index in [-0.39, 0.29) is 5.91 Å². The van der Waals surface area contributed by atoms with Crippen molar-refractivity contribution in [1.82, 2.24) is 4.90 Å². The zero-order valence-electron chi connectivity index (χ0n) is 11.1. The van der Waals surface area contributed by atoms with Gasteiger partial charge in [0, 0.05) is 6.54 Å². The van der Waals surface area contributed by atoms with Crippen molar-refractivity contribution in [1.29, 1.82) is 0 Å². The second kappa shape index (κ2) is 5.11. The molecule has 3 nitrogen and oxygen atoms in total. The van der Waals surface area contributed by atoms with Gasteiger partial charge in [0.15, 0.2) is 0 Å². The van der Waals surface area contributed by atoms with E-state index in [0.29, 0.717) is 6.42 Å². The summed E-state index contributed by atoms with van der Waals surface area (Å²) in [6.45, 7) is 4.63. The molecular formula is C15H21NO2. The van der Waals surface area contributed by atoms with Crippen LogP contribution in [-0.2, 0) is 11.2 Å². The van der Waals surface area contributed by atoms with Crippen LogP contribution in [0.25, 0.3) is 0 Å². The molecule has 18 heavy (non-hydrogen) atoms. The van der Waals surface area contributed by atoms with Crippen LogP contribution < -0.4 is 0 Å². The first kappa shape index (κ1) is 13.1. The lowest BCUT2D eigenvalue weighted by molar-refractivity contribution is -0.144. The molecular weight excluding hydrogens is 226 g/mol. The maximum Gasteiger partial charge on any atom is 0.227 e. The Morgan fingerprint density at radius 2 is 2.06 bits per heavy atom. The van der Waals surface area contributed by atoms with E-state index < -0.39 is 11.6 Å². The Hall–Kier alpha value is -1.35. The van der Waals surface area contributed by atoms with Gasteiger partial charge < -0.3 is 10.0 Å². The molecule has 0 aliphatic carbocycles. The Morgan fingerprint density at radius 1 is 1.39 bits per heavy atom. The number of carbonyl (C=O) groups is 1. The third-order valence-corrected chi connectivity index (χ3v) is 3.87. The Balaban J connectivity index is 2.09. The summed E-state index contributed by atoms with van der Waals surface area (Å²) < 4.78 is 0. The van der Waals surface area contributed by atoms with Gasteiger partial charge in [-0.15, -0.1) is 0 Å². The number of amides is 1. The number of hydrogen-bond acceptors (Lipinski definition) is 2. The highest BCUT2D eigenvalue weighted by atomic mass is 16.3. The minimum atomic E-state index is -0.454. The summed E-state index contributed by atoms with van der Waals surface area (Å²) in [5, 5.41) is 10.0. The zero-order chi connectivity index (χ0) is 13.2. The summed E-state index contributed by atoms with van der Waals surface area (Å²) in [5.74, 6) is 0.102. The van der Waals surface area contributed by atoms with Crippen LogP contribution in [-0.4, -0.2) is 34.1 Å². The molecule has 1 heterocycles. The van der Waals surface area contributed by atoms with E-state index in [0.717, 1.165) is 24.9 Å². The molecule has 1 aromatic carbocycles. The maximum absolute atomic E-state index is 12.3. The average molecular weight is 247 g/mol. The summed E-state index contributed by atoms with van der Waals surface area (Å²) in [6.07, 6.45) is 1.65. The second-order valence-corrected chi connectivity index (χ2v) is 5.52. The highest BCUT2D eigenvalue weighted by Crippen LogP contribution is 2.28. The fourth-order valence-electron chi connectivity index (χ4n) is 2.58. The number of aliphatic hydroxyl groups is 1. The first-order valence-electron chi connectivity index (χ1n) is 6.54. The van der Waals surface area contributed by atoms with Crippen LogP contribution in [0.5, 0.6) is 0 Å². The van der Waals surface area contributed by atoms with Crippen molar-refractivity contribution in [3.63, 3.8) is 0 Å². The van der Waals surface area contributed by atoms with E-state index in [1.54, 1.807) is 0 Å². The van der Waals surface area contributed by atoms with Gasteiger partial charge in [-0.2, -0.15) is 0 Å². The molecule has 3 heteroatoms. The van der Waals surface area contributed by atoms with Crippen molar-refractivity contribution >= 4 is 5.91 Å². The van der Waals surface area contributed by atoms with Crippen LogP contribution in [0, 0.1) is 0 Å². The monoisotopic (exact) mass is 247 g/mol. The summed E-state index contributed by atoms with van der Waals surface area (Å²) in [6, 6.07) is 9.76. The number of hydrogen-bond donors (Lipinski definition) is 1. The molecule has 1 saturated heterocycles. The van der Waals surface area contributed by atoms with Gasteiger partial charge in [0.2, 0.25) is 5.91 Å². The van der Waals surface area contributed by atoms with Gasteiger partial charge in [-0.25, -0.2) is 0 Å². The van der Waals surface area contributed by atoms with E-state index in [4.69, 9.17) is 0 Å². The molecule has 1 fully saturated rings. The smallest absolute Gasteiger partial charge is 0.227 e. The van der Waals surface area contributed by atoms with Crippen LogP contribution in [0.4, 0.5) is 0 Å². The molecule has 1 amide bonds. The van der Waals surface area contributed by atoms with Crippen molar-refractivity contribution in [2.24, 2.45) is 0 Å². The fourth-order valence-corrected chi connectivity index (χ4v) is 2.58. The standard InChI is InChI=1S/C15H21NO2/c1-15(2)13(17)9-6-10-16(15)14(18)11-12-7-4-3-5-8-12/h3-5,7-8,13,17H,6,9-11H2,1-2H3. The third-order valence-electron chi connectivity index (χ3n) is 3.87. The Labute approximate surface area is 108 Å². The molecule has 1 aromatic rings. The molecule has 1 atom stereocenters. The number of piperidine rings is 1. The molecule has 98 valence electrons. The van der Waals surface area contributed by atoms with Crippen LogP contribution in [0.2, 0.25) is 0 Å². The number of nitrogens with zero attached hydrogens (tertiary/aromatic N) is 1. The second-order valence-electron chi connectivity index (χ2n) is 5.52. The zero-order valence-corrected chi connectivity index (χ0v) is 11.1. The Bertz CT molecular complexity index is 414. The van der Waals surface area contributed by atoms with E-state index in [2.05, 4.69) is 0 Å². The largest absolute Gasteiger partial charge is 0.391 e. The molecule has 0 radical (unpaired) electrons. The normalized spacial score (nSPS) is 22.8. The predicted molar refractivity (Wildman–Crippen MR) is 71.2 cm³/mol. The number of carbonyl (C=O) groups excluding carboxylic acids is 1. The summed E-state index contributed by atoms with van der Waals surface area (Å²) in [5.41, 5.74) is 0.572. The molecule has 2 rings (SSSR count). The van der Waals surface area contributed by atoms with Gasteiger partial charge in [0.05, 0.1) is 18.1 Å². The lowest BCUT2D eigenvalue weighted by Gasteiger charge is -2.46. The van der Waals surface area contributed by atoms with Crippen molar-refractivity contribution in [3.8, 4) is 0 Å². The SMILES string of the molecule is CC1(C)C(O)CCCN1C(=O)Cc1ccccc1. The number of benzene rings is 1. The molecule has 0 aromatic heterocycles. The maximum atomic E-state index is 12.3. The lowest BCUT2D eigenvalue weighted by Crippen LogP contribution is -2.58. The number of aliphatic hydroxyl groups excluding tert-OH is 1. The first-order valence-corrected chi connectivity index (χ1v) is 6.54. The Morgan fingerprint density at radius 3 is 2.72 bits per heavy atom. The predicted octanol–water partition coefficient (Wildman–Crippen LogP) is 1.99. The van der Waals surface area contributed by atoms with Crippen LogP contribution in [0.3, 0.4) is 0 Å². The van der Waals surface area contributed by atoms with Crippen molar-refractivity contribution in [3.05, 3.63) is 35.9 Å². The van der Waals surface area contributed by atoms with Crippen molar-refractivity contribution in [2.75, 3.05) is 6.54 Å². The quantitative estimate of drug-likeness (QED) is 0.868. The van der Waals surface area contributed by atoms with E-state index in [9.17, 15) is 9.90 Å². The molecule has 1 N–H and O–H groups in total.